The van der Waals surface area contributed by atoms with Gasteiger partial charge in [-0.15, -0.1) is 11.3 Å². The third-order valence-corrected chi connectivity index (χ3v) is 6.21. The third-order valence-electron chi connectivity index (χ3n) is 4.47. The van der Waals surface area contributed by atoms with Crippen molar-refractivity contribution in [1.29, 1.82) is 0 Å². The molecule has 1 aliphatic rings. The number of nitrogens with two attached hydrogens (primary N) is 1. The van der Waals surface area contributed by atoms with Crippen LogP contribution in [0.5, 0.6) is 5.75 Å². The topological polar surface area (TPSA) is 81.4 Å². The normalized spacial score (nSPS) is 14.8. The third kappa shape index (κ3) is 4.57. The highest BCUT2D eigenvalue weighted by Gasteiger charge is 2.26. The Morgan fingerprint density at radius 1 is 1.22 bits per heavy atom. The lowest BCUT2D eigenvalue weighted by molar-refractivity contribution is -0.122. The van der Waals surface area contributed by atoms with Crippen LogP contribution in [0.15, 0.2) is 18.2 Å². The molecule has 3 N–H and O–H groups in total. The van der Waals surface area contributed by atoms with Gasteiger partial charge in [0.1, 0.15) is 10.8 Å². The maximum atomic E-state index is 12.6. The summed E-state index contributed by atoms with van der Waals surface area (Å²) in [7, 11) is 0. The molecular formula is C19H20Cl2N2O3S. The van der Waals surface area contributed by atoms with Gasteiger partial charge in [-0.2, -0.15) is 0 Å². The molecule has 1 heterocycles. The van der Waals surface area contributed by atoms with Gasteiger partial charge in [0.05, 0.1) is 10.6 Å². The number of primary amides is 1. The van der Waals surface area contributed by atoms with Crippen molar-refractivity contribution in [1.82, 2.24) is 0 Å². The number of benzene rings is 1. The number of carbonyl (C=O) groups is 2. The number of fused-ring (bicyclic) bond motifs is 1. The molecule has 3 rings (SSSR count). The summed E-state index contributed by atoms with van der Waals surface area (Å²) in [5.74, 6) is -0.528. The molecule has 0 aliphatic heterocycles. The van der Waals surface area contributed by atoms with Crippen LogP contribution in [0.2, 0.25) is 10.0 Å². The maximum Gasteiger partial charge on any atom is 0.265 e. The first-order chi connectivity index (χ1) is 12.9. The molecular weight excluding hydrogens is 407 g/mol. The molecule has 5 nitrogen and oxygen atoms in total. The van der Waals surface area contributed by atoms with E-state index in [9.17, 15) is 9.59 Å². The Labute approximate surface area is 171 Å². The van der Waals surface area contributed by atoms with Crippen LogP contribution in [0.25, 0.3) is 0 Å². The first kappa shape index (κ1) is 20.0. The molecule has 2 aromatic rings. The number of halogens is 2. The highest BCUT2D eigenvalue weighted by atomic mass is 35.5. The Balaban J connectivity index is 1.78. The monoisotopic (exact) mass is 426 g/mol. The number of ether oxygens (including phenoxy) is 1. The van der Waals surface area contributed by atoms with Gasteiger partial charge in [-0.05, 0) is 56.4 Å². The van der Waals surface area contributed by atoms with Gasteiger partial charge in [0.2, 0.25) is 0 Å². The number of amides is 2. The highest BCUT2D eigenvalue weighted by Crippen LogP contribution is 2.37. The van der Waals surface area contributed by atoms with E-state index in [0.717, 1.165) is 42.5 Å². The smallest absolute Gasteiger partial charge is 0.265 e. The van der Waals surface area contributed by atoms with Crippen molar-refractivity contribution in [2.45, 2.75) is 45.1 Å². The first-order valence-electron chi connectivity index (χ1n) is 8.73. The molecule has 0 saturated carbocycles. The van der Waals surface area contributed by atoms with Crippen LogP contribution in [0.3, 0.4) is 0 Å². The summed E-state index contributed by atoms with van der Waals surface area (Å²) < 4.78 is 5.64. The maximum absolute atomic E-state index is 12.6. The van der Waals surface area contributed by atoms with E-state index in [0.29, 0.717) is 26.4 Å². The minimum absolute atomic E-state index is 0.322. The van der Waals surface area contributed by atoms with E-state index in [1.54, 1.807) is 25.1 Å². The van der Waals surface area contributed by atoms with Crippen molar-refractivity contribution >= 4 is 51.4 Å². The summed E-state index contributed by atoms with van der Waals surface area (Å²) in [6.07, 6.45) is 4.13. The van der Waals surface area contributed by atoms with E-state index in [2.05, 4.69) is 5.32 Å². The molecule has 0 saturated heterocycles. The van der Waals surface area contributed by atoms with E-state index in [1.807, 2.05) is 0 Å². The molecule has 0 spiro atoms. The predicted molar refractivity (Wildman–Crippen MR) is 109 cm³/mol. The molecule has 8 heteroatoms. The van der Waals surface area contributed by atoms with Gasteiger partial charge in [-0.25, -0.2) is 0 Å². The molecule has 1 aromatic heterocycles. The van der Waals surface area contributed by atoms with E-state index in [4.69, 9.17) is 33.7 Å². The van der Waals surface area contributed by atoms with E-state index in [-0.39, 0.29) is 5.91 Å². The lowest BCUT2D eigenvalue weighted by atomic mass is 10.1. The predicted octanol–water partition coefficient (Wildman–Crippen LogP) is 4.83. The molecule has 144 valence electrons. The zero-order valence-corrected chi connectivity index (χ0v) is 17.1. The molecule has 1 aromatic carbocycles. The van der Waals surface area contributed by atoms with E-state index in [1.165, 1.54) is 11.3 Å². The van der Waals surface area contributed by atoms with Crippen LogP contribution in [0.1, 0.15) is 47.0 Å². The summed E-state index contributed by atoms with van der Waals surface area (Å²) in [4.78, 5) is 25.7. The second kappa shape index (κ2) is 8.50. The number of hydrogen-bond donors (Lipinski definition) is 2. The summed E-state index contributed by atoms with van der Waals surface area (Å²) in [6, 6.07) is 4.79. The Morgan fingerprint density at radius 2 is 1.96 bits per heavy atom. The van der Waals surface area contributed by atoms with Crippen LogP contribution in [-0.2, 0) is 17.6 Å². The van der Waals surface area contributed by atoms with Crippen LogP contribution in [0.4, 0.5) is 5.00 Å². The number of aryl methyl sites for hydroxylation is 1. The zero-order valence-electron chi connectivity index (χ0n) is 14.8. The Kier molecular flexibility index (Phi) is 6.29. The average molecular weight is 427 g/mol. The van der Waals surface area contributed by atoms with Crippen LogP contribution in [0, 0.1) is 0 Å². The Hall–Kier alpha value is -1.76. The second-order valence-electron chi connectivity index (χ2n) is 6.46. The first-order valence-corrected chi connectivity index (χ1v) is 10.3. The molecule has 27 heavy (non-hydrogen) atoms. The van der Waals surface area contributed by atoms with Crippen LogP contribution < -0.4 is 15.8 Å². The minimum atomic E-state index is -0.814. The molecule has 1 unspecified atom stereocenters. The second-order valence-corrected chi connectivity index (χ2v) is 8.41. The SMILES string of the molecule is CC(Oc1ccc(Cl)cc1Cl)C(=O)Nc1sc2c(c1C(N)=O)CCCCC2. The quantitative estimate of drug-likeness (QED) is 0.671. The fourth-order valence-corrected chi connectivity index (χ4v) is 4.87. The number of anilines is 1. The number of carbonyl (C=O) groups excluding carboxylic acids is 2. The molecule has 0 bridgehead atoms. The van der Waals surface area contributed by atoms with Gasteiger partial charge in [-0.3, -0.25) is 9.59 Å². The zero-order chi connectivity index (χ0) is 19.6. The average Bonchev–Trinajstić information content (AvgIpc) is 2.78. The van der Waals surface area contributed by atoms with Crippen LogP contribution in [-0.4, -0.2) is 17.9 Å². The number of thiophene rings is 1. The fourth-order valence-electron chi connectivity index (χ4n) is 3.12. The Bertz CT molecular complexity index is 882. The van der Waals surface area contributed by atoms with Crippen molar-refractivity contribution in [2.24, 2.45) is 5.73 Å². The molecule has 0 radical (unpaired) electrons. The van der Waals surface area contributed by atoms with Crippen molar-refractivity contribution in [3.8, 4) is 5.75 Å². The van der Waals surface area contributed by atoms with Gasteiger partial charge in [0.15, 0.2) is 6.10 Å². The van der Waals surface area contributed by atoms with Crippen molar-refractivity contribution in [3.63, 3.8) is 0 Å². The molecule has 1 atom stereocenters. The van der Waals surface area contributed by atoms with Gasteiger partial charge < -0.3 is 15.8 Å². The van der Waals surface area contributed by atoms with Crippen molar-refractivity contribution < 1.29 is 14.3 Å². The molecule has 0 fully saturated rings. The summed E-state index contributed by atoms with van der Waals surface area (Å²) in [5.41, 5.74) is 7.01. The lowest BCUT2D eigenvalue weighted by Crippen LogP contribution is -2.30. The molecule has 2 amide bonds. The van der Waals surface area contributed by atoms with Gasteiger partial charge in [0, 0.05) is 9.90 Å². The summed E-state index contributed by atoms with van der Waals surface area (Å²) in [6.45, 7) is 1.61. The van der Waals surface area contributed by atoms with Crippen molar-refractivity contribution in [2.75, 3.05) is 5.32 Å². The minimum Gasteiger partial charge on any atom is -0.479 e. The van der Waals surface area contributed by atoms with Gasteiger partial charge in [0.25, 0.3) is 11.8 Å². The fraction of sp³-hybridized carbons (Fsp3) is 0.368. The standard InChI is InChI=1S/C19H20Cl2N2O3S/c1-10(26-14-8-7-11(20)9-13(14)21)18(25)23-19-16(17(22)24)12-5-3-2-4-6-15(12)27-19/h7-10H,2-6H2,1H3,(H2,22,24)(H,23,25). The van der Waals surface area contributed by atoms with Gasteiger partial charge in [-0.1, -0.05) is 29.6 Å². The Morgan fingerprint density at radius 3 is 2.67 bits per heavy atom. The number of hydrogen-bond acceptors (Lipinski definition) is 4. The van der Waals surface area contributed by atoms with E-state index >= 15 is 0 Å². The van der Waals surface area contributed by atoms with E-state index < -0.39 is 12.0 Å². The molecule has 1 aliphatic carbocycles. The summed E-state index contributed by atoms with van der Waals surface area (Å²) >= 11 is 13.4. The number of rotatable bonds is 5. The van der Waals surface area contributed by atoms with Gasteiger partial charge >= 0.3 is 0 Å². The largest absolute Gasteiger partial charge is 0.479 e. The highest BCUT2D eigenvalue weighted by molar-refractivity contribution is 7.17. The van der Waals surface area contributed by atoms with Crippen molar-refractivity contribution in [3.05, 3.63) is 44.2 Å². The number of nitrogens with one attached hydrogen (secondary N) is 1. The lowest BCUT2D eigenvalue weighted by Gasteiger charge is -2.15. The summed E-state index contributed by atoms with van der Waals surface area (Å²) in [5, 5.41) is 4.11. The van der Waals surface area contributed by atoms with Crippen LogP contribution >= 0.6 is 34.5 Å².